The fourth-order valence-electron chi connectivity index (χ4n) is 1.71. The highest BCUT2D eigenvalue weighted by atomic mass is 32.2. The summed E-state index contributed by atoms with van der Waals surface area (Å²) >= 11 is 0. The van der Waals surface area contributed by atoms with Crippen molar-refractivity contribution in [1.29, 1.82) is 0 Å². The van der Waals surface area contributed by atoms with Crippen LogP contribution in [0.25, 0.3) is 0 Å². The molecular formula is C14H18FNO2S. The van der Waals surface area contributed by atoms with Crippen LogP contribution in [0.5, 0.6) is 0 Å². The van der Waals surface area contributed by atoms with Crippen LogP contribution in [0.2, 0.25) is 0 Å². The summed E-state index contributed by atoms with van der Waals surface area (Å²) in [6, 6.07) is 2.71. The second-order valence-corrected chi connectivity index (χ2v) is 7.49. The van der Waals surface area contributed by atoms with E-state index in [9.17, 15) is 12.8 Å². The molecule has 0 bridgehead atoms. The van der Waals surface area contributed by atoms with Gasteiger partial charge in [0.25, 0.3) is 0 Å². The van der Waals surface area contributed by atoms with E-state index in [1.165, 1.54) is 19.2 Å². The van der Waals surface area contributed by atoms with Gasteiger partial charge in [-0.3, -0.25) is 4.31 Å². The Morgan fingerprint density at radius 3 is 2.21 bits per heavy atom. The lowest BCUT2D eigenvalue weighted by Gasteiger charge is -2.28. The largest absolute Gasteiger partial charge is 0.273 e. The predicted molar refractivity (Wildman–Crippen MR) is 76.3 cm³/mol. The van der Waals surface area contributed by atoms with Crippen LogP contribution in [-0.2, 0) is 15.4 Å². The van der Waals surface area contributed by atoms with Gasteiger partial charge in [0, 0.05) is 7.05 Å². The number of benzene rings is 1. The highest BCUT2D eigenvalue weighted by Gasteiger charge is 2.25. The Morgan fingerprint density at radius 2 is 1.84 bits per heavy atom. The number of terminal acetylenes is 1. The molecule has 0 aliphatic carbocycles. The summed E-state index contributed by atoms with van der Waals surface area (Å²) < 4.78 is 38.3. The summed E-state index contributed by atoms with van der Waals surface area (Å²) in [4.78, 5) is 0. The third kappa shape index (κ3) is 3.27. The number of nitrogens with zero attached hydrogens (tertiary/aromatic N) is 1. The van der Waals surface area contributed by atoms with E-state index in [1.807, 2.05) is 20.8 Å². The van der Waals surface area contributed by atoms with Crippen molar-refractivity contribution in [2.75, 3.05) is 17.6 Å². The highest BCUT2D eigenvalue weighted by molar-refractivity contribution is 7.92. The first kappa shape index (κ1) is 15.5. The summed E-state index contributed by atoms with van der Waals surface area (Å²) in [7, 11) is -2.01. The molecule has 0 amide bonds. The minimum Gasteiger partial charge on any atom is -0.273 e. The van der Waals surface area contributed by atoms with Crippen LogP contribution in [0.15, 0.2) is 12.1 Å². The molecule has 0 aliphatic rings. The SMILES string of the molecule is C#Cc1cc(N(C)S(C)(=O)=O)c(C(C)(C)C)cc1F. The molecule has 1 aromatic carbocycles. The van der Waals surface area contributed by atoms with Gasteiger partial charge in [-0.2, -0.15) is 0 Å². The zero-order valence-electron chi connectivity index (χ0n) is 11.8. The minimum atomic E-state index is -3.43. The lowest BCUT2D eigenvalue weighted by Crippen LogP contribution is -2.28. The first-order valence-corrected chi connectivity index (χ1v) is 7.58. The maximum Gasteiger partial charge on any atom is 0.232 e. The molecule has 0 N–H and O–H groups in total. The lowest BCUT2D eigenvalue weighted by molar-refractivity contribution is 0.570. The molecule has 0 saturated heterocycles. The van der Waals surface area contributed by atoms with E-state index in [4.69, 9.17) is 6.42 Å². The van der Waals surface area contributed by atoms with Crippen molar-refractivity contribution >= 4 is 15.7 Å². The topological polar surface area (TPSA) is 37.4 Å². The number of sulfonamides is 1. The van der Waals surface area contributed by atoms with Gasteiger partial charge in [0.05, 0.1) is 17.5 Å². The lowest BCUT2D eigenvalue weighted by atomic mass is 9.85. The van der Waals surface area contributed by atoms with Crippen molar-refractivity contribution in [3.63, 3.8) is 0 Å². The van der Waals surface area contributed by atoms with Crippen LogP contribution < -0.4 is 4.31 Å². The predicted octanol–water partition coefficient (Wildman–Crippen LogP) is 2.50. The van der Waals surface area contributed by atoms with Crippen LogP contribution in [0, 0.1) is 18.2 Å². The molecule has 0 atom stereocenters. The molecule has 0 unspecified atom stereocenters. The molecule has 104 valence electrons. The van der Waals surface area contributed by atoms with Gasteiger partial charge >= 0.3 is 0 Å². The van der Waals surface area contributed by atoms with Gasteiger partial charge in [-0.05, 0) is 23.1 Å². The van der Waals surface area contributed by atoms with E-state index in [0.717, 1.165) is 10.6 Å². The van der Waals surface area contributed by atoms with Crippen molar-refractivity contribution in [3.05, 3.63) is 29.1 Å². The van der Waals surface area contributed by atoms with Crippen LogP contribution in [-0.4, -0.2) is 21.7 Å². The summed E-state index contributed by atoms with van der Waals surface area (Å²) in [5.74, 6) is 1.71. The van der Waals surface area contributed by atoms with Crippen molar-refractivity contribution < 1.29 is 12.8 Å². The third-order valence-corrected chi connectivity index (χ3v) is 4.08. The van der Waals surface area contributed by atoms with Gasteiger partial charge in [0.1, 0.15) is 5.82 Å². The first-order chi connectivity index (χ1) is 8.48. The van der Waals surface area contributed by atoms with Crippen molar-refractivity contribution in [2.45, 2.75) is 26.2 Å². The van der Waals surface area contributed by atoms with Crippen molar-refractivity contribution in [3.8, 4) is 12.3 Å². The number of halogens is 1. The summed E-state index contributed by atoms with van der Waals surface area (Å²) in [5.41, 5.74) is 0.655. The fourth-order valence-corrected chi connectivity index (χ4v) is 2.22. The van der Waals surface area contributed by atoms with Crippen LogP contribution in [0.4, 0.5) is 10.1 Å². The average Bonchev–Trinajstić information content (AvgIpc) is 2.25. The smallest absolute Gasteiger partial charge is 0.232 e. The molecule has 0 aromatic heterocycles. The van der Waals surface area contributed by atoms with Crippen molar-refractivity contribution in [2.24, 2.45) is 0 Å². The van der Waals surface area contributed by atoms with E-state index in [1.54, 1.807) is 0 Å². The maximum atomic E-state index is 13.8. The Hall–Kier alpha value is -1.54. The molecule has 1 aromatic rings. The van der Waals surface area contributed by atoms with Gasteiger partial charge in [0.15, 0.2) is 0 Å². The standard InChI is InChI=1S/C14H18FNO2S/c1-7-10-8-13(16(5)19(6,17)18)11(9-12(10)15)14(2,3)4/h1,8-9H,2-6H3. The van der Waals surface area contributed by atoms with Gasteiger partial charge in [0.2, 0.25) is 10.0 Å². The molecule has 5 heteroatoms. The molecule has 0 radical (unpaired) electrons. The zero-order chi connectivity index (χ0) is 15.0. The molecule has 0 heterocycles. The van der Waals surface area contributed by atoms with E-state index in [0.29, 0.717) is 11.3 Å². The zero-order valence-corrected chi connectivity index (χ0v) is 12.6. The quantitative estimate of drug-likeness (QED) is 0.782. The number of hydrogen-bond donors (Lipinski definition) is 0. The summed E-state index contributed by atoms with van der Waals surface area (Å²) in [5, 5.41) is 0. The minimum absolute atomic E-state index is 0.0542. The number of anilines is 1. The van der Waals surface area contributed by atoms with Gasteiger partial charge in [-0.1, -0.05) is 26.7 Å². The van der Waals surface area contributed by atoms with Crippen LogP contribution in [0.1, 0.15) is 31.9 Å². The average molecular weight is 283 g/mol. The Balaban J connectivity index is 3.66. The number of hydrogen-bond acceptors (Lipinski definition) is 2. The van der Waals surface area contributed by atoms with Gasteiger partial charge < -0.3 is 0 Å². The Bertz CT molecular complexity index is 637. The molecule has 3 nitrogen and oxygen atoms in total. The van der Waals surface area contributed by atoms with E-state index >= 15 is 0 Å². The Morgan fingerprint density at radius 1 is 1.32 bits per heavy atom. The maximum absolute atomic E-state index is 13.8. The van der Waals surface area contributed by atoms with Crippen LogP contribution in [0.3, 0.4) is 0 Å². The molecule has 0 aliphatic heterocycles. The molecule has 0 fully saturated rings. The Kier molecular flexibility index (Phi) is 3.97. The molecular weight excluding hydrogens is 265 g/mol. The van der Waals surface area contributed by atoms with Gasteiger partial charge in [-0.15, -0.1) is 6.42 Å². The van der Waals surface area contributed by atoms with Crippen molar-refractivity contribution in [1.82, 2.24) is 0 Å². The first-order valence-electron chi connectivity index (χ1n) is 5.73. The fraction of sp³-hybridized carbons (Fsp3) is 0.429. The third-order valence-electron chi connectivity index (χ3n) is 2.89. The second-order valence-electron chi connectivity index (χ2n) is 5.47. The summed E-state index contributed by atoms with van der Waals surface area (Å²) in [6.07, 6.45) is 6.33. The Labute approximate surface area is 114 Å². The van der Waals surface area contributed by atoms with E-state index in [-0.39, 0.29) is 5.56 Å². The highest BCUT2D eigenvalue weighted by Crippen LogP contribution is 2.34. The molecule has 19 heavy (non-hydrogen) atoms. The van der Waals surface area contributed by atoms with E-state index < -0.39 is 21.3 Å². The van der Waals surface area contributed by atoms with Crippen LogP contribution >= 0.6 is 0 Å². The summed E-state index contributed by atoms with van der Waals surface area (Å²) in [6.45, 7) is 5.66. The monoisotopic (exact) mass is 283 g/mol. The van der Waals surface area contributed by atoms with E-state index in [2.05, 4.69) is 5.92 Å². The van der Waals surface area contributed by atoms with Gasteiger partial charge in [-0.25, -0.2) is 12.8 Å². The molecule has 0 saturated carbocycles. The molecule has 0 spiro atoms. The normalized spacial score (nSPS) is 12.1. The number of rotatable bonds is 2. The molecule has 1 rings (SSSR count). The second kappa shape index (κ2) is 4.86.